The van der Waals surface area contributed by atoms with Crippen molar-refractivity contribution in [2.24, 2.45) is 5.16 Å². The van der Waals surface area contributed by atoms with E-state index in [0.29, 0.717) is 36.6 Å². The summed E-state index contributed by atoms with van der Waals surface area (Å²) in [6.45, 7) is 4.10. The Morgan fingerprint density at radius 1 is 1.33 bits per heavy atom. The van der Waals surface area contributed by atoms with Crippen LogP contribution in [0.15, 0.2) is 34.7 Å². The number of Topliss-reactive ketones (excluding diaryl/α,β-unsaturated/α-hetero) is 1. The van der Waals surface area contributed by atoms with Crippen LogP contribution in [0.4, 0.5) is 5.69 Å². The van der Waals surface area contributed by atoms with E-state index in [0.717, 1.165) is 5.56 Å². The Bertz CT molecular complexity index is 828. The largest absolute Gasteiger partial charge is 0.511 e. The molecule has 1 unspecified atom stereocenters. The van der Waals surface area contributed by atoms with Crippen LogP contribution < -0.4 is 9.64 Å². The molecule has 1 aromatic rings. The highest BCUT2D eigenvalue weighted by Gasteiger charge is 2.32. The van der Waals surface area contributed by atoms with Crippen molar-refractivity contribution in [3.8, 4) is 5.75 Å². The molecule has 0 saturated carbocycles. The van der Waals surface area contributed by atoms with Crippen molar-refractivity contribution in [3.63, 3.8) is 0 Å². The van der Waals surface area contributed by atoms with Crippen LogP contribution in [-0.2, 0) is 14.4 Å². The number of anilines is 1. The smallest absolute Gasteiger partial charge is 0.264 e. The molecule has 0 saturated heterocycles. The molecular weight excluding hydrogens is 348 g/mol. The molecule has 2 aliphatic rings. The third kappa shape index (κ3) is 3.67. The number of nitrogens with zero attached hydrogens (tertiary/aromatic N) is 2. The molecule has 27 heavy (non-hydrogen) atoms. The van der Waals surface area contributed by atoms with E-state index in [4.69, 9.17) is 9.57 Å². The number of allylic oxidation sites excluding steroid dienone is 2. The Morgan fingerprint density at radius 3 is 2.78 bits per heavy atom. The van der Waals surface area contributed by atoms with E-state index in [1.165, 1.54) is 0 Å². The summed E-state index contributed by atoms with van der Waals surface area (Å²) in [4.78, 5) is 31.2. The zero-order valence-corrected chi connectivity index (χ0v) is 15.8. The lowest BCUT2D eigenvalue weighted by atomic mass is 9.81. The molecule has 1 aromatic carbocycles. The monoisotopic (exact) mass is 372 g/mol. The summed E-state index contributed by atoms with van der Waals surface area (Å²) in [5, 5.41) is 14.5. The summed E-state index contributed by atoms with van der Waals surface area (Å²) >= 11 is 0. The fourth-order valence-corrected chi connectivity index (χ4v) is 3.43. The molecule has 0 bridgehead atoms. The third-order valence-electron chi connectivity index (χ3n) is 4.91. The quantitative estimate of drug-likeness (QED) is 0.634. The van der Waals surface area contributed by atoms with Gasteiger partial charge in [-0.1, -0.05) is 18.1 Å². The van der Waals surface area contributed by atoms with E-state index in [2.05, 4.69) is 5.16 Å². The highest BCUT2D eigenvalue weighted by molar-refractivity contribution is 6.23. The van der Waals surface area contributed by atoms with Gasteiger partial charge in [0.1, 0.15) is 18.1 Å². The Hall–Kier alpha value is -2.83. The van der Waals surface area contributed by atoms with Gasteiger partial charge in [-0.3, -0.25) is 9.59 Å². The van der Waals surface area contributed by atoms with E-state index in [-0.39, 0.29) is 42.0 Å². The van der Waals surface area contributed by atoms with Gasteiger partial charge in [0.05, 0.1) is 17.0 Å². The maximum Gasteiger partial charge on any atom is 0.264 e. The summed E-state index contributed by atoms with van der Waals surface area (Å²) in [7, 11) is 1.70. The van der Waals surface area contributed by atoms with E-state index in [1.807, 2.05) is 32.0 Å². The number of ether oxygens (including phenoxy) is 1. The topological polar surface area (TPSA) is 88.4 Å². The fraction of sp³-hybridized carbons (Fsp3) is 0.450. The maximum atomic E-state index is 12.7. The molecule has 1 heterocycles. The number of benzene rings is 1. The molecule has 0 spiro atoms. The molecule has 7 heteroatoms. The summed E-state index contributed by atoms with van der Waals surface area (Å²) in [5.74, 6) is 0.240. The van der Waals surface area contributed by atoms with Gasteiger partial charge in [-0.05, 0) is 37.0 Å². The maximum absolute atomic E-state index is 12.7. The Labute approximate surface area is 158 Å². The molecule has 7 nitrogen and oxygen atoms in total. The average Bonchev–Trinajstić information content (AvgIpc) is 2.66. The summed E-state index contributed by atoms with van der Waals surface area (Å²) in [6.07, 6.45) is 1.10. The molecule has 1 amide bonds. The van der Waals surface area contributed by atoms with Crippen LogP contribution >= 0.6 is 0 Å². The van der Waals surface area contributed by atoms with Crippen molar-refractivity contribution < 1.29 is 24.3 Å². The summed E-state index contributed by atoms with van der Waals surface area (Å²) < 4.78 is 5.44. The molecule has 1 aliphatic heterocycles. The number of fused-ring (bicyclic) bond motifs is 1. The highest BCUT2D eigenvalue weighted by atomic mass is 16.6. The van der Waals surface area contributed by atoms with Gasteiger partial charge in [0, 0.05) is 19.9 Å². The molecule has 0 fully saturated rings. The number of rotatable bonds is 5. The van der Waals surface area contributed by atoms with Crippen molar-refractivity contribution in [3.05, 3.63) is 35.1 Å². The molecule has 144 valence electrons. The lowest BCUT2D eigenvalue weighted by Gasteiger charge is -2.29. The fourth-order valence-electron chi connectivity index (χ4n) is 3.43. The van der Waals surface area contributed by atoms with Crippen LogP contribution in [0, 0.1) is 0 Å². The van der Waals surface area contributed by atoms with Crippen LogP contribution in [0.3, 0.4) is 0 Å². The number of aliphatic hydroxyl groups excluding tert-OH is 1. The van der Waals surface area contributed by atoms with E-state index in [1.54, 1.807) is 11.9 Å². The van der Waals surface area contributed by atoms with Gasteiger partial charge in [-0.25, -0.2) is 0 Å². The van der Waals surface area contributed by atoms with Crippen LogP contribution in [0.2, 0.25) is 0 Å². The molecule has 0 radical (unpaired) electrons. The molecule has 1 atom stereocenters. The van der Waals surface area contributed by atoms with Crippen LogP contribution in [-0.4, -0.2) is 42.8 Å². The van der Waals surface area contributed by atoms with Crippen LogP contribution in [0.25, 0.3) is 0 Å². The zero-order chi connectivity index (χ0) is 19.6. The third-order valence-corrected chi connectivity index (χ3v) is 4.91. The second-order valence-electron chi connectivity index (χ2n) is 6.63. The molecule has 0 aromatic heterocycles. The number of hydrogen-bond donors (Lipinski definition) is 1. The number of oxime groups is 1. The SMILES string of the molecule is CCON=C(CC)C1=C(O)CC(c2ccc3c(c2)N(C)C(=O)CO3)CC1=O. The Morgan fingerprint density at radius 2 is 2.11 bits per heavy atom. The van der Waals surface area contributed by atoms with Crippen molar-refractivity contribution in [2.75, 3.05) is 25.2 Å². The number of carbonyl (C=O) groups excluding carboxylic acids is 2. The number of ketones is 1. The predicted molar refractivity (Wildman–Crippen MR) is 101 cm³/mol. The number of hydrogen-bond acceptors (Lipinski definition) is 6. The zero-order valence-electron chi connectivity index (χ0n) is 15.8. The summed E-state index contributed by atoms with van der Waals surface area (Å²) in [6, 6.07) is 5.55. The van der Waals surface area contributed by atoms with E-state index >= 15 is 0 Å². The standard InChI is InChI=1S/C20H24N2O5/c1-4-14(21-27-5-2)20-16(23)9-13(10-17(20)24)12-6-7-18-15(8-12)22(3)19(25)11-26-18/h6-8,13,23H,4-5,9-11H2,1-3H3. The Kier molecular flexibility index (Phi) is 5.48. The van der Waals surface area contributed by atoms with Gasteiger partial charge in [0.2, 0.25) is 0 Å². The van der Waals surface area contributed by atoms with Crippen LogP contribution in [0.1, 0.15) is 44.6 Å². The molecule has 1 N–H and O–H groups in total. The number of likely N-dealkylation sites (N-methyl/N-ethyl adjacent to an activating group) is 1. The van der Waals surface area contributed by atoms with Crippen molar-refractivity contribution in [1.29, 1.82) is 0 Å². The second-order valence-corrected chi connectivity index (χ2v) is 6.63. The Balaban J connectivity index is 1.89. The van der Waals surface area contributed by atoms with Gasteiger partial charge in [0.25, 0.3) is 5.91 Å². The highest BCUT2D eigenvalue weighted by Crippen LogP contribution is 2.39. The van der Waals surface area contributed by atoms with Crippen molar-refractivity contribution in [1.82, 2.24) is 0 Å². The number of aliphatic hydroxyl groups is 1. The van der Waals surface area contributed by atoms with Crippen molar-refractivity contribution in [2.45, 2.75) is 39.0 Å². The lowest BCUT2D eigenvalue weighted by molar-refractivity contribution is -0.121. The predicted octanol–water partition coefficient (Wildman–Crippen LogP) is 3.10. The van der Waals surface area contributed by atoms with Gasteiger partial charge >= 0.3 is 0 Å². The van der Waals surface area contributed by atoms with Gasteiger partial charge in [-0.15, -0.1) is 0 Å². The van der Waals surface area contributed by atoms with Crippen molar-refractivity contribution >= 4 is 23.1 Å². The minimum absolute atomic E-state index is 0.0244. The second kappa shape index (κ2) is 7.82. The molecule has 3 rings (SSSR count). The van der Waals surface area contributed by atoms with E-state index in [9.17, 15) is 14.7 Å². The van der Waals surface area contributed by atoms with Gasteiger partial charge in [-0.2, -0.15) is 0 Å². The lowest BCUT2D eigenvalue weighted by Crippen LogP contribution is -2.35. The van der Waals surface area contributed by atoms with Gasteiger partial charge < -0.3 is 19.6 Å². The number of carbonyl (C=O) groups is 2. The van der Waals surface area contributed by atoms with Crippen LogP contribution in [0.5, 0.6) is 5.75 Å². The first-order valence-electron chi connectivity index (χ1n) is 9.14. The molecule has 1 aliphatic carbocycles. The minimum atomic E-state index is -0.165. The first-order chi connectivity index (χ1) is 13.0. The normalized spacial score (nSPS) is 20.5. The minimum Gasteiger partial charge on any atom is -0.511 e. The first-order valence-corrected chi connectivity index (χ1v) is 9.14. The summed E-state index contributed by atoms with van der Waals surface area (Å²) in [5.41, 5.74) is 2.31. The van der Waals surface area contributed by atoms with Gasteiger partial charge in [0.15, 0.2) is 12.4 Å². The van der Waals surface area contributed by atoms with E-state index < -0.39 is 0 Å². The number of amides is 1. The molecular formula is C20H24N2O5. The average molecular weight is 372 g/mol. The first kappa shape index (κ1) is 18.9.